The van der Waals surface area contributed by atoms with Crippen LogP contribution in [0.1, 0.15) is 18.4 Å². The van der Waals surface area contributed by atoms with E-state index in [1.54, 1.807) is 4.31 Å². The molecule has 0 aliphatic carbocycles. The second-order valence-corrected chi connectivity index (χ2v) is 8.50. The molecule has 0 aromatic heterocycles. The third-order valence-electron chi connectivity index (χ3n) is 4.41. The topological polar surface area (TPSA) is 59.1 Å². The van der Waals surface area contributed by atoms with E-state index >= 15 is 0 Å². The molecule has 23 heavy (non-hydrogen) atoms. The highest BCUT2D eigenvalue weighted by Crippen LogP contribution is 2.32. The summed E-state index contributed by atoms with van der Waals surface area (Å²) >= 11 is 0. The Hall–Kier alpha value is -1.31. The summed E-state index contributed by atoms with van der Waals surface area (Å²) in [6, 6.07) is 6.01. The maximum Gasteiger partial charge on any atom is 0.231 e. The first-order valence-corrected chi connectivity index (χ1v) is 9.79. The number of benzene rings is 1. The minimum absolute atomic E-state index is 0.290. The molecule has 1 aromatic carbocycles. The molecule has 2 heterocycles. The van der Waals surface area contributed by atoms with Gasteiger partial charge in [-0.1, -0.05) is 6.07 Å². The van der Waals surface area contributed by atoms with Crippen molar-refractivity contribution >= 4 is 10.0 Å². The minimum atomic E-state index is -3.08. The summed E-state index contributed by atoms with van der Waals surface area (Å²) in [7, 11) is -1.00. The van der Waals surface area contributed by atoms with Gasteiger partial charge in [-0.15, -0.1) is 0 Å². The highest BCUT2D eigenvalue weighted by Gasteiger charge is 2.26. The van der Waals surface area contributed by atoms with E-state index in [4.69, 9.17) is 9.47 Å². The molecule has 0 bridgehead atoms. The van der Waals surface area contributed by atoms with E-state index in [0.717, 1.165) is 37.4 Å². The summed E-state index contributed by atoms with van der Waals surface area (Å²) in [5.74, 6) is 1.99. The summed E-state index contributed by atoms with van der Waals surface area (Å²) in [6.07, 6.45) is 3.32. The monoisotopic (exact) mass is 340 g/mol. The van der Waals surface area contributed by atoms with Crippen molar-refractivity contribution in [2.75, 3.05) is 39.7 Å². The smallest absolute Gasteiger partial charge is 0.231 e. The number of fused-ring (bicyclic) bond motifs is 1. The van der Waals surface area contributed by atoms with Gasteiger partial charge >= 0.3 is 0 Å². The van der Waals surface area contributed by atoms with E-state index in [0.29, 0.717) is 19.0 Å². The van der Waals surface area contributed by atoms with Crippen LogP contribution in [0.15, 0.2) is 18.2 Å². The SMILES string of the molecule is CN(Cc1ccc2c(c1)OCO2)CC1CCCN(S(C)(=O)=O)C1. The molecule has 7 heteroatoms. The molecule has 1 aromatic rings. The van der Waals surface area contributed by atoms with Crippen molar-refractivity contribution in [3.8, 4) is 11.5 Å². The van der Waals surface area contributed by atoms with Crippen molar-refractivity contribution in [2.24, 2.45) is 5.92 Å². The van der Waals surface area contributed by atoms with Crippen molar-refractivity contribution in [2.45, 2.75) is 19.4 Å². The zero-order chi connectivity index (χ0) is 16.4. The van der Waals surface area contributed by atoms with Crippen LogP contribution in [-0.4, -0.2) is 57.4 Å². The largest absolute Gasteiger partial charge is 0.454 e. The van der Waals surface area contributed by atoms with Crippen LogP contribution >= 0.6 is 0 Å². The van der Waals surface area contributed by atoms with Crippen molar-refractivity contribution in [1.29, 1.82) is 0 Å². The summed E-state index contributed by atoms with van der Waals surface area (Å²) < 4.78 is 35.7. The van der Waals surface area contributed by atoms with Gasteiger partial charge < -0.3 is 14.4 Å². The first-order chi connectivity index (χ1) is 10.9. The lowest BCUT2D eigenvalue weighted by Gasteiger charge is -2.33. The van der Waals surface area contributed by atoms with Gasteiger partial charge in [0.05, 0.1) is 6.26 Å². The van der Waals surface area contributed by atoms with Crippen LogP contribution in [0.5, 0.6) is 11.5 Å². The number of rotatable bonds is 5. The second-order valence-electron chi connectivity index (χ2n) is 6.51. The number of nitrogens with zero attached hydrogens (tertiary/aromatic N) is 2. The maximum absolute atomic E-state index is 11.7. The average molecular weight is 340 g/mol. The van der Waals surface area contributed by atoms with E-state index in [1.807, 2.05) is 18.2 Å². The number of hydrogen-bond donors (Lipinski definition) is 0. The van der Waals surface area contributed by atoms with Gasteiger partial charge in [0, 0.05) is 26.2 Å². The Bertz CT molecular complexity index is 662. The fourth-order valence-electron chi connectivity index (χ4n) is 3.33. The Labute approximate surface area is 138 Å². The minimum Gasteiger partial charge on any atom is -0.454 e. The van der Waals surface area contributed by atoms with E-state index in [9.17, 15) is 8.42 Å². The molecule has 2 aliphatic rings. The molecule has 0 saturated carbocycles. The predicted molar refractivity (Wildman–Crippen MR) is 88.0 cm³/mol. The molecule has 0 amide bonds. The van der Waals surface area contributed by atoms with Gasteiger partial charge in [0.2, 0.25) is 16.8 Å². The lowest BCUT2D eigenvalue weighted by molar-refractivity contribution is 0.173. The molecule has 0 radical (unpaired) electrons. The Balaban J connectivity index is 1.56. The molecule has 0 N–H and O–H groups in total. The summed E-state index contributed by atoms with van der Waals surface area (Å²) in [4.78, 5) is 2.24. The molecule has 1 atom stereocenters. The summed E-state index contributed by atoms with van der Waals surface area (Å²) in [6.45, 7) is 3.27. The van der Waals surface area contributed by atoms with E-state index in [-0.39, 0.29) is 6.79 Å². The van der Waals surface area contributed by atoms with Gasteiger partial charge in [0.1, 0.15) is 0 Å². The van der Waals surface area contributed by atoms with Gasteiger partial charge in [0.25, 0.3) is 0 Å². The van der Waals surface area contributed by atoms with Gasteiger partial charge in [-0.25, -0.2) is 12.7 Å². The van der Waals surface area contributed by atoms with Gasteiger partial charge in [0.15, 0.2) is 11.5 Å². The third-order valence-corrected chi connectivity index (χ3v) is 5.68. The van der Waals surface area contributed by atoms with E-state index in [2.05, 4.69) is 11.9 Å². The molecule has 128 valence electrons. The van der Waals surface area contributed by atoms with Crippen LogP contribution in [0.25, 0.3) is 0 Å². The Morgan fingerprint density at radius 1 is 1.30 bits per heavy atom. The fraction of sp³-hybridized carbons (Fsp3) is 0.625. The highest BCUT2D eigenvalue weighted by atomic mass is 32.2. The average Bonchev–Trinajstić information content (AvgIpc) is 2.94. The second kappa shape index (κ2) is 6.67. The van der Waals surface area contributed by atoms with Gasteiger partial charge in [-0.3, -0.25) is 0 Å². The Morgan fingerprint density at radius 2 is 2.09 bits per heavy atom. The lowest BCUT2D eigenvalue weighted by atomic mass is 9.99. The molecule has 1 unspecified atom stereocenters. The molecular weight excluding hydrogens is 316 g/mol. The van der Waals surface area contributed by atoms with E-state index in [1.165, 1.54) is 11.8 Å². The molecule has 1 fully saturated rings. The van der Waals surface area contributed by atoms with Crippen LogP contribution in [-0.2, 0) is 16.6 Å². The summed E-state index contributed by atoms with van der Waals surface area (Å²) in [5.41, 5.74) is 1.17. The molecule has 3 rings (SSSR count). The fourth-order valence-corrected chi connectivity index (χ4v) is 4.28. The molecule has 0 spiro atoms. The highest BCUT2D eigenvalue weighted by molar-refractivity contribution is 7.88. The first kappa shape index (κ1) is 16.5. The number of piperidine rings is 1. The standard InChI is InChI=1S/C16H24N2O4S/c1-17(9-13-5-6-15-16(8-13)22-12-21-15)10-14-4-3-7-18(11-14)23(2,19)20/h5-6,8,14H,3-4,7,9-12H2,1-2H3. The predicted octanol–water partition coefficient (Wildman–Crippen LogP) is 1.52. The summed E-state index contributed by atoms with van der Waals surface area (Å²) in [5, 5.41) is 0. The van der Waals surface area contributed by atoms with Gasteiger partial charge in [-0.05, 0) is 43.5 Å². The van der Waals surface area contributed by atoms with E-state index < -0.39 is 10.0 Å². The van der Waals surface area contributed by atoms with Crippen LogP contribution in [0, 0.1) is 5.92 Å². The Kier molecular flexibility index (Phi) is 4.79. The lowest BCUT2D eigenvalue weighted by Crippen LogP contribution is -2.42. The maximum atomic E-state index is 11.7. The van der Waals surface area contributed by atoms with Crippen LogP contribution in [0.4, 0.5) is 0 Å². The van der Waals surface area contributed by atoms with Gasteiger partial charge in [-0.2, -0.15) is 0 Å². The van der Waals surface area contributed by atoms with Crippen molar-refractivity contribution in [3.63, 3.8) is 0 Å². The van der Waals surface area contributed by atoms with Crippen molar-refractivity contribution in [3.05, 3.63) is 23.8 Å². The quantitative estimate of drug-likeness (QED) is 0.813. The van der Waals surface area contributed by atoms with Crippen LogP contribution < -0.4 is 9.47 Å². The molecule has 1 saturated heterocycles. The molecule has 2 aliphatic heterocycles. The normalized spacial score (nSPS) is 21.8. The number of hydrogen-bond acceptors (Lipinski definition) is 5. The molecular formula is C16H24N2O4S. The number of ether oxygens (including phenoxy) is 2. The molecule has 6 nitrogen and oxygen atoms in total. The van der Waals surface area contributed by atoms with Crippen molar-refractivity contribution in [1.82, 2.24) is 9.21 Å². The third kappa shape index (κ3) is 4.16. The zero-order valence-corrected chi connectivity index (χ0v) is 14.5. The van der Waals surface area contributed by atoms with Crippen molar-refractivity contribution < 1.29 is 17.9 Å². The number of sulfonamides is 1. The Morgan fingerprint density at radius 3 is 2.87 bits per heavy atom. The first-order valence-electron chi connectivity index (χ1n) is 7.94. The zero-order valence-electron chi connectivity index (χ0n) is 13.7. The van der Waals surface area contributed by atoms with Crippen LogP contribution in [0.3, 0.4) is 0 Å². The van der Waals surface area contributed by atoms with Crippen LogP contribution in [0.2, 0.25) is 0 Å².